The molecule has 0 saturated heterocycles. The van der Waals surface area contributed by atoms with Crippen molar-refractivity contribution in [3.05, 3.63) is 34.4 Å². The highest BCUT2D eigenvalue weighted by Crippen LogP contribution is 2.26. The number of nitrogens with two attached hydrogens (primary N) is 1. The van der Waals surface area contributed by atoms with Crippen LogP contribution in [0.25, 0.3) is 0 Å². The Hall–Kier alpha value is -1.75. The van der Waals surface area contributed by atoms with Gasteiger partial charge >= 0.3 is 0 Å². The van der Waals surface area contributed by atoms with Gasteiger partial charge in [0.2, 0.25) is 15.9 Å². The first-order valence-electron chi connectivity index (χ1n) is 8.06. The first kappa shape index (κ1) is 22.3. The molecule has 2 atom stereocenters. The normalized spacial score (nSPS) is 19.6. The molecule has 0 aromatic heterocycles. The molecule has 1 amide bonds. The average Bonchev–Trinajstić information content (AvgIpc) is 2.96. The Morgan fingerprint density at radius 2 is 2.04 bits per heavy atom. The molecule has 4 N–H and O–H groups in total. The molecular formula is C15H23ClN4O5S. The molecule has 0 bridgehead atoms. The van der Waals surface area contributed by atoms with Crippen molar-refractivity contribution in [2.45, 2.75) is 36.6 Å². The number of sulfonamides is 1. The lowest BCUT2D eigenvalue weighted by Crippen LogP contribution is -2.36. The van der Waals surface area contributed by atoms with Crippen molar-refractivity contribution in [3.8, 4) is 0 Å². The van der Waals surface area contributed by atoms with E-state index in [4.69, 9.17) is 5.73 Å². The molecule has 2 rings (SSSR count). The molecule has 0 heterocycles. The lowest BCUT2D eigenvalue weighted by atomic mass is 10.00. The van der Waals surface area contributed by atoms with Crippen LogP contribution in [0.4, 0.5) is 5.69 Å². The van der Waals surface area contributed by atoms with Crippen LogP contribution in [-0.4, -0.2) is 38.4 Å². The van der Waals surface area contributed by atoms with Gasteiger partial charge in [-0.1, -0.05) is 12.5 Å². The van der Waals surface area contributed by atoms with Gasteiger partial charge in [-0.15, -0.1) is 12.4 Å². The summed E-state index contributed by atoms with van der Waals surface area (Å²) in [6.07, 6.45) is 3.25. The zero-order chi connectivity index (χ0) is 18.4. The van der Waals surface area contributed by atoms with E-state index in [-0.39, 0.29) is 53.9 Å². The third-order valence-corrected chi connectivity index (χ3v) is 5.70. The van der Waals surface area contributed by atoms with Crippen molar-refractivity contribution in [1.82, 2.24) is 10.0 Å². The number of halogens is 1. The fourth-order valence-corrected chi connectivity index (χ4v) is 3.94. The molecule has 1 aliphatic carbocycles. The number of nitrogens with one attached hydrogen (secondary N) is 2. The zero-order valence-corrected chi connectivity index (χ0v) is 15.7. The highest BCUT2D eigenvalue weighted by molar-refractivity contribution is 7.89. The Balaban J connectivity index is 0.00000338. The minimum absolute atomic E-state index is 0. The second-order valence-corrected chi connectivity index (χ2v) is 7.83. The monoisotopic (exact) mass is 406 g/mol. The molecule has 11 heteroatoms. The molecule has 0 aliphatic heterocycles. The highest BCUT2D eigenvalue weighted by atomic mass is 35.5. The lowest BCUT2D eigenvalue weighted by Gasteiger charge is -2.14. The smallest absolute Gasteiger partial charge is 0.270 e. The molecule has 1 aromatic carbocycles. The first-order chi connectivity index (χ1) is 11.8. The summed E-state index contributed by atoms with van der Waals surface area (Å²) in [6.45, 7) is 0.127. The summed E-state index contributed by atoms with van der Waals surface area (Å²) in [7, 11) is -3.87. The summed E-state index contributed by atoms with van der Waals surface area (Å²) < 4.78 is 26.5. The molecule has 146 valence electrons. The minimum atomic E-state index is -3.87. The molecule has 1 aliphatic rings. The van der Waals surface area contributed by atoms with Gasteiger partial charge in [-0.2, -0.15) is 0 Å². The van der Waals surface area contributed by atoms with Gasteiger partial charge in [0.05, 0.1) is 9.82 Å². The molecule has 0 radical (unpaired) electrons. The van der Waals surface area contributed by atoms with E-state index in [1.165, 1.54) is 18.2 Å². The Labute approximate surface area is 158 Å². The number of nitro benzene ring substituents is 1. The molecule has 9 nitrogen and oxygen atoms in total. The number of nitrogens with zero attached hydrogens (tertiary/aromatic N) is 1. The van der Waals surface area contributed by atoms with E-state index in [9.17, 15) is 23.3 Å². The molecular weight excluding hydrogens is 384 g/mol. The number of hydrogen-bond donors (Lipinski definition) is 3. The van der Waals surface area contributed by atoms with Gasteiger partial charge in [0.1, 0.15) is 0 Å². The summed E-state index contributed by atoms with van der Waals surface area (Å²) in [5.74, 6) is 0.0263. The van der Waals surface area contributed by atoms with Gasteiger partial charge in [0, 0.05) is 37.7 Å². The number of nitro groups is 1. The predicted molar refractivity (Wildman–Crippen MR) is 98.5 cm³/mol. The second-order valence-electron chi connectivity index (χ2n) is 6.06. The van der Waals surface area contributed by atoms with Gasteiger partial charge in [-0.3, -0.25) is 14.9 Å². The lowest BCUT2D eigenvalue weighted by molar-refractivity contribution is -0.385. The first-order valence-corrected chi connectivity index (χ1v) is 9.54. The van der Waals surface area contributed by atoms with Gasteiger partial charge in [-0.25, -0.2) is 13.1 Å². The Bertz CT molecular complexity index is 743. The van der Waals surface area contributed by atoms with Crippen LogP contribution in [0.3, 0.4) is 0 Å². The second kappa shape index (κ2) is 9.81. The van der Waals surface area contributed by atoms with Crippen molar-refractivity contribution in [1.29, 1.82) is 0 Å². The summed E-state index contributed by atoms with van der Waals surface area (Å²) in [5, 5.41) is 13.4. The van der Waals surface area contributed by atoms with E-state index in [1.54, 1.807) is 0 Å². The topological polar surface area (TPSA) is 144 Å². The van der Waals surface area contributed by atoms with Gasteiger partial charge in [-0.05, 0) is 24.8 Å². The molecule has 1 aromatic rings. The van der Waals surface area contributed by atoms with Crippen LogP contribution < -0.4 is 15.8 Å². The Morgan fingerprint density at radius 1 is 1.31 bits per heavy atom. The summed E-state index contributed by atoms with van der Waals surface area (Å²) in [4.78, 5) is 21.7. The SMILES string of the molecule is Cl.N[C@@H]1CCC[C@H]1CC(=O)NCCNS(=O)(=O)c1cccc([N+](=O)[O-])c1. The van der Waals surface area contributed by atoms with Crippen molar-refractivity contribution < 1.29 is 18.1 Å². The number of carbonyl (C=O) groups excluding carboxylic acids is 1. The number of amides is 1. The number of hydrogen-bond acceptors (Lipinski definition) is 6. The van der Waals surface area contributed by atoms with Crippen molar-refractivity contribution in [2.24, 2.45) is 11.7 Å². The van der Waals surface area contributed by atoms with E-state index in [1.807, 2.05) is 0 Å². The van der Waals surface area contributed by atoms with Crippen molar-refractivity contribution >= 4 is 34.0 Å². The van der Waals surface area contributed by atoms with Crippen LogP contribution in [0.1, 0.15) is 25.7 Å². The number of benzene rings is 1. The number of carbonyl (C=O) groups is 1. The summed E-state index contributed by atoms with van der Waals surface area (Å²) in [6, 6.07) is 4.84. The van der Waals surface area contributed by atoms with Gasteiger partial charge in [0.25, 0.3) is 5.69 Å². The van der Waals surface area contributed by atoms with E-state index in [2.05, 4.69) is 10.0 Å². The molecule has 1 fully saturated rings. The van der Waals surface area contributed by atoms with Gasteiger partial charge in [0.15, 0.2) is 0 Å². The van der Waals surface area contributed by atoms with Gasteiger partial charge < -0.3 is 11.1 Å². The van der Waals surface area contributed by atoms with Crippen LogP contribution in [0, 0.1) is 16.0 Å². The third-order valence-electron chi connectivity index (χ3n) is 4.24. The van der Waals surface area contributed by atoms with E-state index < -0.39 is 14.9 Å². The number of rotatable bonds is 8. The highest BCUT2D eigenvalue weighted by Gasteiger charge is 2.25. The third kappa shape index (κ3) is 6.20. The predicted octanol–water partition coefficient (Wildman–Crippen LogP) is 0.929. The zero-order valence-electron chi connectivity index (χ0n) is 14.1. The molecule has 1 saturated carbocycles. The van der Waals surface area contributed by atoms with Crippen LogP contribution in [0.2, 0.25) is 0 Å². The van der Waals surface area contributed by atoms with Crippen molar-refractivity contribution in [3.63, 3.8) is 0 Å². The fourth-order valence-electron chi connectivity index (χ4n) is 2.86. The molecule has 26 heavy (non-hydrogen) atoms. The fraction of sp³-hybridized carbons (Fsp3) is 0.533. The van der Waals surface area contributed by atoms with E-state index in [0.29, 0.717) is 6.42 Å². The molecule has 0 unspecified atom stereocenters. The summed E-state index contributed by atoms with van der Waals surface area (Å²) >= 11 is 0. The van der Waals surface area contributed by atoms with Crippen LogP contribution in [0.15, 0.2) is 29.2 Å². The Morgan fingerprint density at radius 3 is 2.65 bits per heavy atom. The summed E-state index contributed by atoms with van der Waals surface area (Å²) in [5.41, 5.74) is 5.62. The van der Waals surface area contributed by atoms with E-state index in [0.717, 1.165) is 25.3 Å². The number of non-ortho nitro benzene ring substituents is 1. The largest absolute Gasteiger partial charge is 0.355 e. The van der Waals surface area contributed by atoms with Crippen LogP contribution >= 0.6 is 12.4 Å². The van der Waals surface area contributed by atoms with Crippen molar-refractivity contribution in [2.75, 3.05) is 13.1 Å². The maximum atomic E-state index is 12.1. The maximum absolute atomic E-state index is 12.1. The maximum Gasteiger partial charge on any atom is 0.270 e. The Kier molecular flexibility index (Phi) is 8.41. The minimum Gasteiger partial charge on any atom is -0.355 e. The average molecular weight is 407 g/mol. The van der Waals surface area contributed by atoms with E-state index >= 15 is 0 Å². The van der Waals surface area contributed by atoms with Crippen LogP contribution in [0.5, 0.6) is 0 Å². The molecule has 0 spiro atoms. The quantitative estimate of drug-likeness (QED) is 0.332. The van der Waals surface area contributed by atoms with Crippen LogP contribution in [-0.2, 0) is 14.8 Å². The standard InChI is InChI=1S/C15H22N4O5S.ClH/c16-14-6-1-3-11(14)9-15(20)17-7-8-18-25(23,24)13-5-2-4-12(10-13)19(21)22;/h2,4-5,10-11,14,18H,1,3,6-9,16H2,(H,17,20);1H/t11-,14+;/m0./s1.